The van der Waals surface area contributed by atoms with Gasteiger partial charge in [-0.15, -0.1) is 0 Å². The van der Waals surface area contributed by atoms with Crippen LogP contribution >= 0.6 is 0 Å². The molecule has 0 aromatic carbocycles. The highest BCUT2D eigenvalue weighted by atomic mass is 16.6. The average molecular weight is 307 g/mol. The number of esters is 1. The highest BCUT2D eigenvalue weighted by Gasteiger charge is 2.36. The number of methoxy groups -OCH3 is 1. The Kier molecular flexibility index (Phi) is 8.70. The van der Waals surface area contributed by atoms with Gasteiger partial charge in [-0.1, -0.05) is 0 Å². The third-order valence-electron chi connectivity index (χ3n) is 2.68. The number of aliphatic hydroxyl groups excluding tert-OH is 3. The third kappa shape index (κ3) is 6.17. The van der Waals surface area contributed by atoms with E-state index in [-0.39, 0.29) is 0 Å². The molecule has 0 aliphatic rings. The first-order chi connectivity index (χ1) is 9.78. The van der Waals surface area contributed by atoms with Crippen LogP contribution in [0.4, 0.5) is 0 Å². The molecular formula is C12H21NO8. The maximum Gasteiger partial charge on any atom is 0.334 e. The van der Waals surface area contributed by atoms with Gasteiger partial charge in [0.1, 0.15) is 30.6 Å². The largest absolute Gasteiger partial charge is 0.467 e. The fraction of sp³-hybridized carbons (Fsp3) is 0.750. The summed E-state index contributed by atoms with van der Waals surface area (Å²) >= 11 is 0. The Bertz CT molecular complexity index is 361. The Morgan fingerprint density at radius 3 is 2.29 bits per heavy atom. The normalized spacial score (nSPS) is 18.0. The van der Waals surface area contributed by atoms with E-state index in [0.717, 1.165) is 14.0 Å². The Labute approximate surface area is 121 Å². The minimum absolute atomic E-state index is 0.295. The maximum atomic E-state index is 11.3. The van der Waals surface area contributed by atoms with Crippen LogP contribution < -0.4 is 5.32 Å². The zero-order valence-electron chi connectivity index (χ0n) is 12.1. The van der Waals surface area contributed by atoms with E-state index in [1.54, 1.807) is 0 Å². The molecule has 5 atom stereocenters. The molecule has 0 saturated carbocycles. The van der Waals surface area contributed by atoms with Crippen molar-refractivity contribution in [3.05, 3.63) is 0 Å². The molecule has 5 unspecified atom stereocenters. The molecule has 0 bridgehead atoms. The highest BCUT2D eigenvalue weighted by Crippen LogP contribution is 2.12. The number of aliphatic hydroxyl groups is 3. The lowest BCUT2D eigenvalue weighted by molar-refractivity contribution is -0.171. The molecule has 0 aliphatic heterocycles. The van der Waals surface area contributed by atoms with Gasteiger partial charge >= 0.3 is 5.97 Å². The smallest absolute Gasteiger partial charge is 0.334 e. The zero-order valence-corrected chi connectivity index (χ0v) is 12.1. The van der Waals surface area contributed by atoms with Crippen LogP contribution in [0.15, 0.2) is 0 Å². The molecule has 9 nitrogen and oxygen atoms in total. The van der Waals surface area contributed by atoms with Crippen LogP contribution in [0.1, 0.15) is 13.8 Å². The average Bonchev–Trinajstić information content (AvgIpc) is 2.47. The Morgan fingerprint density at radius 1 is 1.33 bits per heavy atom. The van der Waals surface area contributed by atoms with Crippen LogP contribution in [0, 0.1) is 0 Å². The van der Waals surface area contributed by atoms with Crippen molar-refractivity contribution in [3.63, 3.8) is 0 Å². The van der Waals surface area contributed by atoms with Crippen molar-refractivity contribution in [2.45, 2.75) is 44.3 Å². The molecule has 0 saturated heterocycles. The lowest BCUT2D eigenvalue weighted by atomic mass is 10.0. The fourth-order valence-corrected chi connectivity index (χ4v) is 1.59. The number of nitrogens with one attached hydrogen (secondary N) is 1. The molecule has 1 amide bonds. The molecule has 0 aliphatic carbocycles. The van der Waals surface area contributed by atoms with Gasteiger partial charge in [-0.25, -0.2) is 4.79 Å². The number of hydrogen-bond donors (Lipinski definition) is 4. The van der Waals surface area contributed by atoms with E-state index in [9.17, 15) is 24.6 Å². The fourth-order valence-electron chi connectivity index (χ4n) is 1.59. The number of carbonyl (C=O) groups is 3. The SMILES string of the molecule is COC(=O)C(C)OC(C(C=O)NC(C)=O)C(O)C(O)CO. The number of carbonyl (C=O) groups excluding carboxylic acids is 3. The number of hydrogen-bond acceptors (Lipinski definition) is 8. The number of amides is 1. The van der Waals surface area contributed by atoms with E-state index < -0.39 is 48.9 Å². The highest BCUT2D eigenvalue weighted by molar-refractivity contribution is 5.78. The quantitative estimate of drug-likeness (QED) is 0.267. The summed E-state index contributed by atoms with van der Waals surface area (Å²) in [6.45, 7) is 1.66. The van der Waals surface area contributed by atoms with Crippen molar-refractivity contribution in [3.8, 4) is 0 Å². The van der Waals surface area contributed by atoms with Gasteiger partial charge in [-0.05, 0) is 6.92 Å². The number of ether oxygens (including phenoxy) is 2. The standard InChI is InChI=1S/C12H21NO8/c1-6(12(19)20-3)21-11(10(18)9(17)5-15)8(4-14)13-7(2)16/h4,6,8-11,15,17-18H,5H2,1-3H3,(H,13,16). The van der Waals surface area contributed by atoms with Crippen LogP contribution in [-0.4, -0.2) is 77.7 Å². The molecular weight excluding hydrogens is 286 g/mol. The Hall–Kier alpha value is -1.55. The van der Waals surface area contributed by atoms with Crippen molar-refractivity contribution in [1.82, 2.24) is 5.32 Å². The second kappa shape index (κ2) is 9.40. The minimum atomic E-state index is -1.70. The summed E-state index contributed by atoms with van der Waals surface area (Å²) in [4.78, 5) is 33.4. The lowest BCUT2D eigenvalue weighted by Crippen LogP contribution is -2.55. The van der Waals surface area contributed by atoms with Crippen LogP contribution in [0.2, 0.25) is 0 Å². The molecule has 0 aromatic rings. The van der Waals surface area contributed by atoms with Crippen molar-refractivity contribution < 1.29 is 39.2 Å². The van der Waals surface area contributed by atoms with Crippen LogP contribution in [0.5, 0.6) is 0 Å². The minimum Gasteiger partial charge on any atom is -0.467 e. The summed E-state index contributed by atoms with van der Waals surface area (Å²) in [5, 5.41) is 30.4. The monoisotopic (exact) mass is 307 g/mol. The van der Waals surface area contributed by atoms with Crippen molar-refractivity contribution in [2.75, 3.05) is 13.7 Å². The molecule has 0 aromatic heterocycles. The van der Waals surface area contributed by atoms with E-state index in [2.05, 4.69) is 10.1 Å². The molecule has 0 heterocycles. The summed E-state index contributed by atoms with van der Waals surface area (Å²) in [7, 11) is 1.13. The summed E-state index contributed by atoms with van der Waals surface area (Å²) < 4.78 is 9.64. The van der Waals surface area contributed by atoms with Gasteiger partial charge < -0.3 is 34.9 Å². The van der Waals surface area contributed by atoms with Crippen molar-refractivity contribution in [2.24, 2.45) is 0 Å². The van der Waals surface area contributed by atoms with E-state index in [1.165, 1.54) is 6.92 Å². The third-order valence-corrected chi connectivity index (χ3v) is 2.68. The first-order valence-corrected chi connectivity index (χ1v) is 6.21. The molecule has 0 spiro atoms. The molecule has 0 rings (SSSR count). The van der Waals surface area contributed by atoms with Crippen LogP contribution in [-0.2, 0) is 23.9 Å². The molecule has 0 fully saturated rings. The topological polar surface area (TPSA) is 142 Å². The van der Waals surface area contributed by atoms with Gasteiger partial charge in [0.15, 0.2) is 6.10 Å². The molecule has 0 radical (unpaired) electrons. The zero-order chi connectivity index (χ0) is 16.6. The Balaban J connectivity index is 5.19. The predicted molar refractivity (Wildman–Crippen MR) is 69.1 cm³/mol. The molecule has 9 heteroatoms. The predicted octanol–water partition coefficient (Wildman–Crippen LogP) is -2.65. The van der Waals surface area contributed by atoms with Crippen LogP contribution in [0.25, 0.3) is 0 Å². The lowest BCUT2D eigenvalue weighted by Gasteiger charge is -2.31. The summed E-state index contributed by atoms with van der Waals surface area (Å²) in [6, 6.07) is -1.31. The molecule has 21 heavy (non-hydrogen) atoms. The van der Waals surface area contributed by atoms with Gasteiger partial charge in [0.2, 0.25) is 5.91 Å². The molecule has 4 N–H and O–H groups in total. The van der Waals surface area contributed by atoms with Crippen molar-refractivity contribution in [1.29, 1.82) is 0 Å². The van der Waals surface area contributed by atoms with E-state index in [4.69, 9.17) is 9.84 Å². The summed E-state index contributed by atoms with van der Waals surface area (Å²) in [6.07, 6.45) is -5.62. The van der Waals surface area contributed by atoms with Crippen LogP contribution in [0.3, 0.4) is 0 Å². The summed E-state index contributed by atoms with van der Waals surface area (Å²) in [5.74, 6) is -1.34. The van der Waals surface area contributed by atoms with Gasteiger partial charge in [-0.2, -0.15) is 0 Å². The Morgan fingerprint density at radius 2 is 1.90 bits per heavy atom. The van der Waals surface area contributed by atoms with E-state index in [1.807, 2.05) is 0 Å². The van der Waals surface area contributed by atoms with Gasteiger partial charge in [0.25, 0.3) is 0 Å². The second-order valence-corrected chi connectivity index (χ2v) is 4.37. The molecule has 122 valence electrons. The first kappa shape index (κ1) is 19.4. The second-order valence-electron chi connectivity index (χ2n) is 4.37. The number of aldehydes is 1. The van der Waals surface area contributed by atoms with Gasteiger partial charge in [-0.3, -0.25) is 4.79 Å². The van der Waals surface area contributed by atoms with Gasteiger partial charge in [0, 0.05) is 6.92 Å². The van der Waals surface area contributed by atoms with Crippen molar-refractivity contribution >= 4 is 18.2 Å². The summed E-state index contributed by atoms with van der Waals surface area (Å²) in [5.41, 5.74) is 0. The first-order valence-electron chi connectivity index (χ1n) is 6.21. The maximum absolute atomic E-state index is 11.3. The van der Waals surface area contributed by atoms with Gasteiger partial charge in [0.05, 0.1) is 13.7 Å². The number of rotatable bonds is 9. The van der Waals surface area contributed by atoms with E-state index >= 15 is 0 Å². The van der Waals surface area contributed by atoms with E-state index in [0.29, 0.717) is 6.29 Å².